The van der Waals surface area contributed by atoms with Crippen molar-refractivity contribution in [3.63, 3.8) is 0 Å². The molecule has 1 N–H and O–H groups in total. The second-order valence-electron chi connectivity index (χ2n) is 3.31. The Balaban J connectivity index is 3.01. The molecule has 3 heteroatoms. The summed E-state index contributed by atoms with van der Waals surface area (Å²) in [4.78, 5) is 11.0. The third-order valence-electron chi connectivity index (χ3n) is 2.02. The van der Waals surface area contributed by atoms with Crippen LogP contribution in [-0.2, 0) is 9.53 Å². The van der Waals surface area contributed by atoms with Gasteiger partial charge >= 0.3 is 0 Å². The van der Waals surface area contributed by atoms with Crippen LogP contribution in [0.1, 0.15) is 46.0 Å². The van der Waals surface area contributed by atoms with Gasteiger partial charge in [0.05, 0.1) is 0 Å². The van der Waals surface area contributed by atoms with Gasteiger partial charge in [-0.3, -0.25) is 4.79 Å². The summed E-state index contributed by atoms with van der Waals surface area (Å²) in [6.45, 7) is 6.36. The predicted octanol–water partition coefficient (Wildman–Crippen LogP) is 2.11. The Bertz CT molecular complexity index is 137. The fourth-order valence-electron chi connectivity index (χ4n) is 1.27. The van der Waals surface area contributed by atoms with Crippen molar-refractivity contribution >= 4 is 5.91 Å². The van der Waals surface area contributed by atoms with Crippen LogP contribution >= 0.6 is 0 Å². The van der Waals surface area contributed by atoms with Gasteiger partial charge in [0.1, 0.15) is 0 Å². The smallest absolute Gasteiger partial charge is 0.219 e. The molecule has 1 amide bonds. The SMILES string of the molecule is CCNC(=O)CCCCCCOCC. The van der Waals surface area contributed by atoms with Gasteiger partial charge in [-0.1, -0.05) is 12.8 Å². The Morgan fingerprint density at radius 1 is 1.14 bits per heavy atom. The van der Waals surface area contributed by atoms with Crippen LogP contribution in [0.15, 0.2) is 0 Å². The molecule has 3 nitrogen and oxygen atoms in total. The Morgan fingerprint density at radius 3 is 2.50 bits per heavy atom. The van der Waals surface area contributed by atoms with Gasteiger partial charge in [-0.05, 0) is 26.7 Å². The number of hydrogen-bond donors (Lipinski definition) is 1. The molecule has 0 radical (unpaired) electrons. The largest absolute Gasteiger partial charge is 0.382 e. The zero-order valence-corrected chi connectivity index (χ0v) is 9.47. The topological polar surface area (TPSA) is 38.3 Å². The first-order valence-corrected chi connectivity index (χ1v) is 5.65. The van der Waals surface area contributed by atoms with Crippen molar-refractivity contribution in [1.82, 2.24) is 5.32 Å². The van der Waals surface area contributed by atoms with E-state index in [4.69, 9.17) is 4.74 Å². The summed E-state index contributed by atoms with van der Waals surface area (Å²) < 4.78 is 5.22. The van der Waals surface area contributed by atoms with Crippen molar-refractivity contribution in [2.45, 2.75) is 46.0 Å². The fourth-order valence-corrected chi connectivity index (χ4v) is 1.27. The number of unbranched alkanes of at least 4 members (excludes halogenated alkanes) is 3. The summed E-state index contributed by atoms with van der Waals surface area (Å²) in [5.74, 6) is 0.178. The molecule has 0 fully saturated rings. The second kappa shape index (κ2) is 10.5. The number of carbonyl (C=O) groups is 1. The maximum atomic E-state index is 11.0. The monoisotopic (exact) mass is 201 g/mol. The van der Waals surface area contributed by atoms with Crippen LogP contribution in [0.2, 0.25) is 0 Å². The van der Waals surface area contributed by atoms with Gasteiger partial charge in [0.25, 0.3) is 0 Å². The minimum absolute atomic E-state index is 0.178. The van der Waals surface area contributed by atoms with Gasteiger partial charge in [-0.25, -0.2) is 0 Å². The highest BCUT2D eigenvalue weighted by atomic mass is 16.5. The van der Waals surface area contributed by atoms with Gasteiger partial charge in [-0.2, -0.15) is 0 Å². The first kappa shape index (κ1) is 13.4. The first-order chi connectivity index (χ1) is 6.81. The minimum atomic E-state index is 0.178. The Morgan fingerprint density at radius 2 is 1.86 bits per heavy atom. The molecule has 0 bridgehead atoms. The molecule has 0 saturated carbocycles. The molecule has 84 valence electrons. The van der Waals surface area contributed by atoms with E-state index in [1.807, 2.05) is 13.8 Å². The summed E-state index contributed by atoms with van der Waals surface area (Å²) in [5, 5.41) is 2.79. The van der Waals surface area contributed by atoms with E-state index in [1.54, 1.807) is 0 Å². The molecule has 0 unspecified atom stereocenters. The fraction of sp³-hybridized carbons (Fsp3) is 0.909. The van der Waals surface area contributed by atoms with Gasteiger partial charge < -0.3 is 10.1 Å². The molecule has 0 aliphatic carbocycles. The highest BCUT2D eigenvalue weighted by Crippen LogP contribution is 2.02. The van der Waals surface area contributed by atoms with Crippen LogP contribution in [0.25, 0.3) is 0 Å². The number of amides is 1. The molecule has 0 aliphatic heterocycles. The van der Waals surface area contributed by atoms with E-state index in [0.29, 0.717) is 6.42 Å². The summed E-state index contributed by atoms with van der Waals surface area (Å²) in [6, 6.07) is 0. The van der Waals surface area contributed by atoms with Crippen LogP contribution < -0.4 is 5.32 Å². The van der Waals surface area contributed by atoms with E-state index in [1.165, 1.54) is 6.42 Å². The van der Waals surface area contributed by atoms with E-state index in [-0.39, 0.29) is 5.91 Å². The van der Waals surface area contributed by atoms with Crippen LogP contribution in [0, 0.1) is 0 Å². The highest BCUT2D eigenvalue weighted by molar-refractivity contribution is 5.75. The lowest BCUT2D eigenvalue weighted by Crippen LogP contribution is -2.21. The molecule has 0 aromatic carbocycles. The van der Waals surface area contributed by atoms with Crippen molar-refractivity contribution in [2.24, 2.45) is 0 Å². The van der Waals surface area contributed by atoms with Crippen molar-refractivity contribution < 1.29 is 9.53 Å². The minimum Gasteiger partial charge on any atom is -0.382 e. The summed E-state index contributed by atoms with van der Waals surface area (Å²) >= 11 is 0. The summed E-state index contributed by atoms with van der Waals surface area (Å²) in [5.41, 5.74) is 0. The predicted molar refractivity (Wildman–Crippen MR) is 58.3 cm³/mol. The van der Waals surface area contributed by atoms with E-state index < -0.39 is 0 Å². The molecule has 0 aromatic rings. The second-order valence-corrected chi connectivity index (χ2v) is 3.31. The van der Waals surface area contributed by atoms with Gasteiger partial charge in [-0.15, -0.1) is 0 Å². The average molecular weight is 201 g/mol. The molecule has 0 aliphatic rings. The van der Waals surface area contributed by atoms with Gasteiger partial charge in [0, 0.05) is 26.2 Å². The maximum Gasteiger partial charge on any atom is 0.219 e. The number of carbonyl (C=O) groups excluding carboxylic acids is 1. The maximum absolute atomic E-state index is 11.0. The first-order valence-electron chi connectivity index (χ1n) is 5.65. The van der Waals surface area contributed by atoms with Crippen molar-refractivity contribution in [3.05, 3.63) is 0 Å². The normalized spacial score (nSPS) is 10.1. The third-order valence-corrected chi connectivity index (χ3v) is 2.02. The highest BCUT2D eigenvalue weighted by Gasteiger charge is 1.98. The zero-order valence-electron chi connectivity index (χ0n) is 9.47. The lowest BCUT2D eigenvalue weighted by atomic mass is 10.1. The van der Waals surface area contributed by atoms with Gasteiger partial charge in [0.2, 0.25) is 5.91 Å². The van der Waals surface area contributed by atoms with Crippen LogP contribution in [0.5, 0.6) is 0 Å². The average Bonchev–Trinajstić information content (AvgIpc) is 2.17. The molecular weight excluding hydrogens is 178 g/mol. The lowest BCUT2D eigenvalue weighted by Gasteiger charge is -2.02. The Kier molecular flexibility index (Phi) is 10.1. The van der Waals surface area contributed by atoms with E-state index in [0.717, 1.165) is 39.0 Å². The molecule has 0 atom stereocenters. The molecule has 0 rings (SSSR count). The van der Waals surface area contributed by atoms with Crippen molar-refractivity contribution in [3.8, 4) is 0 Å². The molecule has 0 saturated heterocycles. The van der Waals surface area contributed by atoms with Crippen LogP contribution in [-0.4, -0.2) is 25.7 Å². The molecule has 0 spiro atoms. The quantitative estimate of drug-likeness (QED) is 0.580. The Hall–Kier alpha value is -0.570. The summed E-state index contributed by atoms with van der Waals surface area (Å²) in [7, 11) is 0. The van der Waals surface area contributed by atoms with Crippen LogP contribution in [0.3, 0.4) is 0 Å². The molecule has 0 aromatic heterocycles. The van der Waals surface area contributed by atoms with E-state index in [2.05, 4.69) is 5.32 Å². The van der Waals surface area contributed by atoms with Crippen molar-refractivity contribution in [1.29, 1.82) is 0 Å². The molecular formula is C11H23NO2. The van der Waals surface area contributed by atoms with Crippen molar-refractivity contribution in [2.75, 3.05) is 19.8 Å². The number of rotatable bonds is 9. The Labute approximate surface area is 87.2 Å². The van der Waals surface area contributed by atoms with Crippen LogP contribution in [0.4, 0.5) is 0 Å². The van der Waals surface area contributed by atoms with Gasteiger partial charge in [0.15, 0.2) is 0 Å². The zero-order chi connectivity index (χ0) is 10.6. The third kappa shape index (κ3) is 9.52. The summed E-state index contributed by atoms with van der Waals surface area (Å²) in [6.07, 6.45) is 5.08. The van der Waals surface area contributed by atoms with E-state index in [9.17, 15) is 4.79 Å². The standard InChI is InChI=1S/C11H23NO2/c1-3-12-11(13)9-7-5-6-8-10-14-4-2/h3-10H2,1-2H3,(H,12,13). The van der Waals surface area contributed by atoms with E-state index >= 15 is 0 Å². The number of ether oxygens (including phenoxy) is 1. The molecule has 14 heavy (non-hydrogen) atoms. The number of hydrogen-bond acceptors (Lipinski definition) is 2. The lowest BCUT2D eigenvalue weighted by molar-refractivity contribution is -0.121. The number of nitrogens with one attached hydrogen (secondary N) is 1. The molecule has 0 heterocycles.